The van der Waals surface area contributed by atoms with Crippen LogP contribution in [-0.2, 0) is 0 Å². The molecule has 2 nitrogen and oxygen atoms in total. The van der Waals surface area contributed by atoms with Gasteiger partial charge in [0.25, 0.3) is 0 Å². The van der Waals surface area contributed by atoms with Crippen LogP contribution in [0.15, 0.2) is 0 Å². The SMILES string of the molecule is C1CCC(C2CN(C3CC4CCC3C4)CCCN2)CC1. The molecule has 0 radical (unpaired) electrons. The summed E-state index contributed by atoms with van der Waals surface area (Å²) in [4.78, 5) is 2.92. The third-order valence-corrected chi connectivity index (χ3v) is 6.85. The Kier molecular flexibility index (Phi) is 4.05. The highest BCUT2D eigenvalue weighted by molar-refractivity contribution is 4.97. The molecule has 1 aliphatic heterocycles. The van der Waals surface area contributed by atoms with Crippen LogP contribution in [0.5, 0.6) is 0 Å². The minimum absolute atomic E-state index is 0.803. The molecular weight excluding hydrogens is 244 g/mol. The molecule has 114 valence electrons. The van der Waals surface area contributed by atoms with E-state index >= 15 is 0 Å². The van der Waals surface area contributed by atoms with E-state index in [-0.39, 0.29) is 0 Å². The summed E-state index contributed by atoms with van der Waals surface area (Å²) < 4.78 is 0. The molecule has 2 bridgehead atoms. The maximum absolute atomic E-state index is 3.91. The van der Waals surface area contributed by atoms with E-state index in [1.54, 1.807) is 12.8 Å². The Bertz CT molecular complexity index is 323. The molecule has 2 heteroatoms. The minimum Gasteiger partial charge on any atom is -0.312 e. The van der Waals surface area contributed by atoms with E-state index in [1.165, 1.54) is 71.0 Å². The number of nitrogens with zero attached hydrogens (tertiary/aromatic N) is 1. The van der Waals surface area contributed by atoms with E-state index in [2.05, 4.69) is 10.2 Å². The number of hydrogen-bond donors (Lipinski definition) is 1. The zero-order chi connectivity index (χ0) is 13.4. The number of fused-ring (bicyclic) bond motifs is 2. The van der Waals surface area contributed by atoms with E-state index in [0.29, 0.717) is 0 Å². The van der Waals surface area contributed by atoms with Gasteiger partial charge in [-0.05, 0) is 69.4 Å². The molecule has 3 aliphatic carbocycles. The van der Waals surface area contributed by atoms with Crippen molar-refractivity contribution in [3.8, 4) is 0 Å². The second kappa shape index (κ2) is 5.96. The largest absolute Gasteiger partial charge is 0.312 e. The predicted octanol–water partition coefficient (Wildman–Crippen LogP) is 3.42. The molecule has 4 unspecified atom stereocenters. The van der Waals surface area contributed by atoms with Crippen LogP contribution in [0.25, 0.3) is 0 Å². The third kappa shape index (κ3) is 2.66. The molecule has 0 aromatic carbocycles. The molecule has 0 spiro atoms. The van der Waals surface area contributed by atoms with Crippen LogP contribution in [0.2, 0.25) is 0 Å². The zero-order valence-electron chi connectivity index (χ0n) is 13.0. The topological polar surface area (TPSA) is 15.3 Å². The molecule has 1 heterocycles. The molecule has 20 heavy (non-hydrogen) atoms. The van der Waals surface area contributed by atoms with Gasteiger partial charge in [0.05, 0.1) is 0 Å². The molecule has 0 amide bonds. The van der Waals surface area contributed by atoms with Crippen molar-refractivity contribution in [3.63, 3.8) is 0 Å². The Morgan fingerprint density at radius 2 is 1.70 bits per heavy atom. The van der Waals surface area contributed by atoms with Crippen molar-refractivity contribution in [3.05, 3.63) is 0 Å². The molecular formula is C18H32N2. The Morgan fingerprint density at radius 1 is 0.800 bits per heavy atom. The summed E-state index contributed by atoms with van der Waals surface area (Å²) in [7, 11) is 0. The van der Waals surface area contributed by atoms with Gasteiger partial charge in [0.1, 0.15) is 0 Å². The summed E-state index contributed by atoms with van der Waals surface area (Å²) >= 11 is 0. The summed E-state index contributed by atoms with van der Waals surface area (Å²) in [5.41, 5.74) is 0. The second-order valence-corrected chi connectivity index (χ2v) is 8.05. The fourth-order valence-corrected chi connectivity index (χ4v) is 5.79. The van der Waals surface area contributed by atoms with Gasteiger partial charge in [-0.3, -0.25) is 4.90 Å². The highest BCUT2D eigenvalue weighted by Crippen LogP contribution is 2.47. The van der Waals surface area contributed by atoms with Crippen LogP contribution in [-0.4, -0.2) is 36.6 Å². The Balaban J connectivity index is 1.41. The molecule has 1 saturated heterocycles. The van der Waals surface area contributed by atoms with Crippen molar-refractivity contribution in [2.24, 2.45) is 17.8 Å². The highest BCUT2D eigenvalue weighted by Gasteiger charge is 2.43. The van der Waals surface area contributed by atoms with E-state index in [0.717, 1.165) is 29.8 Å². The maximum atomic E-state index is 3.91. The van der Waals surface area contributed by atoms with Gasteiger partial charge in [-0.1, -0.05) is 25.7 Å². The first kappa shape index (κ1) is 13.6. The van der Waals surface area contributed by atoms with Gasteiger partial charge < -0.3 is 5.32 Å². The molecule has 0 aromatic rings. The van der Waals surface area contributed by atoms with Crippen molar-refractivity contribution >= 4 is 0 Å². The van der Waals surface area contributed by atoms with Crippen LogP contribution in [0.4, 0.5) is 0 Å². The number of hydrogen-bond acceptors (Lipinski definition) is 2. The Hall–Kier alpha value is -0.0800. The zero-order valence-corrected chi connectivity index (χ0v) is 13.0. The summed E-state index contributed by atoms with van der Waals surface area (Å²) in [5.74, 6) is 3.13. The van der Waals surface area contributed by atoms with E-state index in [4.69, 9.17) is 0 Å². The van der Waals surface area contributed by atoms with E-state index < -0.39 is 0 Å². The fraction of sp³-hybridized carbons (Fsp3) is 1.00. The first-order valence-corrected chi connectivity index (χ1v) is 9.37. The number of rotatable bonds is 2. The molecule has 0 aromatic heterocycles. The summed E-state index contributed by atoms with van der Waals surface area (Å²) in [6, 6.07) is 1.76. The van der Waals surface area contributed by atoms with E-state index in [9.17, 15) is 0 Å². The van der Waals surface area contributed by atoms with Gasteiger partial charge in [-0.15, -0.1) is 0 Å². The molecule has 4 aliphatic rings. The normalized spacial score (nSPS) is 43.8. The number of nitrogens with one attached hydrogen (secondary N) is 1. The van der Waals surface area contributed by atoms with Crippen LogP contribution in [0.1, 0.15) is 64.2 Å². The average Bonchev–Trinajstić information content (AvgIpc) is 3.04. The molecule has 3 saturated carbocycles. The van der Waals surface area contributed by atoms with Crippen molar-refractivity contribution in [1.29, 1.82) is 0 Å². The fourth-order valence-electron chi connectivity index (χ4n) is 5.79. The molecule has 4 atom stereocenters. The summed E-state index contributed by atoms with van der Waals surface area (Å²) in [6.45, 7) is 3.99. The quantitative estimate of drug-likeness (QED) is 0.831. The second-order valence-electron chi connectivity index (χ2n) is 8.05. The van der Waals surface area contributed by atoms with Gasteiger partial charge >= 0.3 is 0 Å². The van der Waals surface area contributed by atoms with Crippen LogP contribution < -0.4 is 5.32 Å². The molecule has 4 fully saturated rings. The lowest BCUT2D eigenvalue weighted by molar-refractivity contribution is 0.123. The van der Waals surface area contributed by atoms with E-state index in [1.807, 2.05) is 0 Å². The standard InChI is InChI=1S/C18H32N2/c1-2-5-15(6-3-1)17-13-20(10-4-9-19-17)18-12-14-7-8-16(18)11-14/h14-19H,1-13H2. The lowest BCUT2D eigenvalue weighted by Gasteiger charge is -2.38. The van der Waals surface area contributed by atoms with Crippen molar-refractivity contribution in [2.45, 2.75) is 76.3 Å². The van der Waals surface area contributed by atoms with Crippen molar-refractivity contribution < 1.29 is 0 Å². The van der Waals surface area contributed by atoms with Crippen LogP contribution >= 0.6 is 0 Å². The molecule has 4 rings (SSSR count). The first-order chi connectivity index (χ1) is 9.90. The molecule has 1 N–H and O–H groups in total. The van der Waals surface area contributed by atoms with Crippen molar-refractivity contribution in [2.75, 3.05) is 19.6 Å². The summed E-state index contributed by atoms with van der Waals surface area (Å²) in [6.07, 6.45) is 15.0. The maximum Gasteiger partial charge on any atom is 0.0223 e. The van der Waals surface area contributed by atoms with Gasteiger partial charge in [-0.2, -0.15) is 0 Å². The lowest BCUT2D eigenvalue weighted by atomic mass is 9.83. The predicted molar refractivity (Wildman–Crippen MR) is 83.8 cm³/mol. The van der Waals surface area contributed by atoms with Gasteiger partial charge in [0.15, 0.2) is 0 Å². The first-order valence-electron chi connectivity index (χ1n) is 9.37. The monoisotopic (exact) mass is 276 g/mol. The van der Waals surface area contributed by atoms with Crippen molar-refractivity contribution in [1.82, 2.24) is 10.2 Å². The van der Waals surface area contributed by atoms with Gasteiger partial charge in [0.2, 0.25) is 0 Å². The Labute approximate surface area is 124 Å². The Morgan fingerprint density at radius 3 is 2.45 bits per heavy atom. The average molecular weight is 276 g/mol. The highest BCUT2D eigenvalue weighted by atomic mass is 15.2. The van der Waals surface area contributed by atoms with Gasteiger partial charge in [0, 0.05) is 18.6 Å². The lowest BCUT2D eigenvalue weighted by Crippen LogP contribution is -2.48. The smallest absolute Gasteiger partial charge is 0.0223 e. The minimum atomic E-state index is 0.803. The van der Waals surface area contributed by atoms with Crippen LogP contribution in [0, 0.1) is 17.8 Å². The summed E-state index contributed by atoms with van der Waals surface area (Å²) in [5, 5.41) is 3.91. The van der Waals surface area contributed by atoms with Crippen LogP contribution in [0.3, 0.4) is 0 Å². The third-order valence-electron chi connectivity index (χ3n) is 6.85. The van der Waals surface area contributed by atoms with Gasteiger partial charge in [-0.25, -0.2) is 0 Å².